The van der Waals surface area contributed by atoms with Crippen LogP contribution < -0.4 is 0 Å². The molecule has 90 valence electrons. The van der Waals surface area contributed by atoms with Gasteiger partial charge in [-0.2, -0.15) is 5.26 Å². The Hall–Kier alpha value is -1.70. The molecule has 0 saturated heterocycles. The fraction of sp³-hybridized carbons (Fsp3) is 0.308. The summed E-state index contributed by atoms with van der Waals surface area (Å²) in [5.41, 5.74) is 1.08. The molecule has 0 aliphatic rings. The Balaban J connectivity index is 2.85. The van der Waals surface area contributed by atoms with Crippen LogP contribution in [0.25, 0.3) is 0 Å². The van der Waals surface area contributed by atoms with Gasteiger partial charge >= 0.3 is 0 Å². The maximum Gasteiger partial charge on any atom is 0.124 e. The van der Waals surface area contributed by atoms with Crippen LogP contribution in [0.2, 0.25) is 0 Å². The molecule has 0 radical (unpaired) electrons. The van der Waals surface area contributed by atoms with Crippen LogP contribution in [0.5, 0.6) is 0 Å². The van der Waals surface area contributed by atoms with Crippen LogP contribution in [0.4, 0.5) is 4.39 Å². The molecule has 0 amide bonds. The highest BCUT2D eigenvalue weighted by molar-refractivity contribution is 5.37. The molecule has 3 nitrogen and oxygen atoms in total. The van der Waals surface area contributed by atoms with Crippen LogP contribution in [-0.4, -0.2) is 29.7 Å². The molecule has 0 aliphatic carbocycles. The molecule has 1 aromatic rings. The molecule has 0 unspecified atom stereocenters. The lowest BCUT2D eigenvalue weighted by atomic mass is 10.1. The molecule has 0 spiro atoms. The molecule has 1 rings (SSSR count). The van der Waals surface area contributed by atoms with Gasteiger partial charge in [-0.05, 0) is 17.7 Å². The third kappa shape index (κ3) is 3.99. The first kappa shape index (κ1) is 13.4. The predicted molar refractivity (Wildman–Crippen MR) is 63.7 cm³/mol. The second-order valence-corrected chi connectivity index (χ2v) is 3.66. The van der Waals surface area contributed by atoms with Crippen molar-refractivity contribution >= 4 is 0 Å². The van der Waals surface area contributed by atoms with Gasteiger partial charge in [0.1, 0.15) is 5.82 Å². The Bertz CT molecular complexity index is 426. The van der Waals surface area contributed by atoms with E-state index in [1.165, 1.54) is 12.1 Å². The lowest BCUT2D eigenvalue weighted by molar-refractivity contribution is 0.203. The van der Waals surface area contributed by atoms with E-state index in [4.69, 9.17) is 10.4 Å². The van der Waals surface area contributed by atoms with Gasteiger partial charge in [0.05, 0.1) is 18.2 Å². The van der Waals surface area contributed by atoms with Crippen molar-refractivity contribution < 1.29 is 9.50 Å². The molecule has 0 bridgehead atoms. The van der Waals surface area contributed by atoms with Gasteiger partial charge in [-0.1, -0.05) is 12.1 Å². The number of aliphatic hydroxyl groups excluding tert-OH is 1. The van der Waals surface area contributed by atoms with Gasteiger partial charge in [-0.15, -0.1) is 6.58 Å². The summed E-state index contributed by atoms with van der Waals surface area (Å²) in [6.07, 6.45) is 1.73. The van der Waals surface area contributed by atoms with Crippen molar-refractivity contribution in [2.75, 3.05) is 19.7 Å². The highest BCUT2D eigenvalue weighted by atomic mass is 19.1. The first-order valence-electron chi connectivity index (χ1n) is 5.34. The maximum atomic E-state index is 12.9. The van der Waals surface area contributed by atoms with Crippen LogP contribution in [-0.2, 0) is 6.54 Å². The van der Waals surface area contributed by atoms with Crippen LogP contribution in [0.1, 0.15) is 11.1 Å². The quantitative estimate of drug-likeness (QED) is 0.762. The molecule has 0 aromatic heterocycles. The standard InChI is InChI=1S/C13H15FN2O/c1-2-5-16(6-7-17)10-11-3-4-13(14)8-12(11)9-15/h2-4,8,17H,1,5-7,10H2. The van der Waals surface area contributed by atoms with E-state index < -0.39 is 5.82 Å². The van der Waals surface area contributed by atoms with Crippen LogP contribution >= 0.6 is 0 Å². The van der Waals surface area contributed by atoms with Gasteiger partial charge in [0.15, 0.2) is 0 Å². The largest absolute Gasteiger partial charge is 0.395 e. The Morgan fingerprint density at radius 1 is 1.53 bits per heavy atom. The Kier molecular flexibility index (Phi) is 5.34. The van der Waals surface area contributed by atoms with Crippen molar-refractivity contribution in [3.05, 3.63) is 47.8 Å². The normalized spacial score (nSPS) is 10.2. The van der Waals surface area contributed by atoms with E-state index in [2.05, 4.69) is 6.58 Å². The molecule has 0 heterocycles. The monoisotopic (exact) mass is 234 g/mol. The molecule has 17 heavy (non-hydrogen) atoms. The number of nitriles is 1. The smallest absolute Gasteiger partial charge is 0.124 e. The SMILES string of the molecule is C=CCN(CCO)Cc1ccc(F)cc1C#N. The Morgan fingerprint density at radius 2 is 2.29 bits per heavy atom. The number of rotatable bonds is 6. The summed E-state index contributed by atoms with van der Waals surface area (Å²) in [6.45, 7) is 5.28. The third-order valence-corrected chi connectivity index (χ3v) is 2.39. The van der Waals surface area contributed by atoms with E-state index in [9.17, 15) is 4.39 Å². The summed E-state index contributed by atoms with van der Waals surface area (Å²) < 4.78 is 12.9. The van der Waals surface area contributed by atoms with E-state index in [0.29, 0.717) is 25.2 Å². The Labute approximate surface area is 100 Å². The van der Waals surface area contributed by atoms with Crippen molar-refractivity contribution in [3.63, 3.8) is 0 Å². The van der Waals surface area contributed by atoms with Crippen molar-refractivity contribution in [3.8, 4) is 6.07 Å². The molecule has 1 N–H and O–H groups in total. The Morgan fingerprint density at radius 3 is 2.88 bits per heavy atom. The fourth-order valence-corrected chi connectivity index (χ4v) is 1.59. The first-order valence-corrected chi connectivity index (χ1v) is 5.34. The van der Waals surface area contributed by atoms with E-state index in [0.717, 1.165) is 5.56 Å². The predicted octanol–water partition coefficient (Wildman–Crippen LogP) is 1.68. The van der Waals surface area contributed by atoms with Crippen molar-refractivity contribution in [2.45, 2.75) is 6.54 Å². The topological polar surface area (TPSA) is 47.3 Å². The average Bonchev–Trinajstić information content (AvgIpc) is 2.32. The van der Waals surface area contributed by atoms with Crippen LogP contribution in [0, 0.1) is 17.1 Å². The minimum absolute atomic E-state index is 0.0386. The number of aliphatic hydroxyl groups is 1. The van der Waals surface area contributed by atoms with Gasteiger partial charge in [0, 0.05) is 19.6 Å². The summed E-state index contributed by atoms with van der Waals surface area (Å²) in [6, 6.07) is 6.13. The lowest BCUT2D eigenvalue weighted by Gasteiger charge is -2.19. The second kappa shape index (κ2) is 6.79. The summed E-state index contributed by atoms with van der Waals surface area (Å²) >= 11 is 0. The zero-order valence-corrected chi connectivity index (χ0v) is 9.56. The van der Waals surface area contributed by atoms with Crippen LogP contribution in [0.3, 0.4) is 0 Å². The van der Waals surface area contributed by atoms with E-state index in [1.54, 1.807) is 12.1 Å². The summed E-state index contributed by atoms with van der Waals surface area (Å²) in [7, 11) is 0. The van der Waals surface area contributed by atoms with Gasteiger partial charge in [-0.3, -0.25) is 4.90 Å². The van der Waals surface area contributed by atoms with Crippen molar-refractivity contribution in [1.29, 1.82) is 5.26 Å². The van der Waals surface area contributed by atoms with Gasteiger partial charge in [-0.25, -0.2) is 4.39 Å². The number of hydrogen-bond donors (Lipinski definition) is 1. The molecule has 0 atom stereocenters. The van der Waals surface area contributed by atoms with Crippen molar-refractivity contribution in [2.24, 2.45) is 0 Å². The molecule has 0 saturated carbocycles. The summed E-state index contributed by atoms with van der Waals surface area (Å²) in [5.74, 6) is -0.414. The number of nitrogens with zero attached hydrogens (tertiary/aromatic N) is 2. The minimum Gasteiger partial charge on any atom is -0.395 e. The molecular formula is C13H15FN2O. The van der Waals surface area contributed by atoms with Gasteiger partial charge in [0.25, 0.3) is 0 Å². The molecule has 0 aliphatic heterocycles. The second-order valence-electron chi connectivity index (χ2n) is 3.66. The first-order chi connectivity index (χ1) is 8.21. The zero-order valence-electron chi connectivity index (χ0n) is 9.56. The summed E-state index contributed by atoms with van der Waals surface area (Å²) in [4.78, 5) is 1.93. The molecule has 0 fully saturated rings. The van der Waals surface area contributed by atoms with E-state index in [-0.39, 0.29) is 6.61 Å². The highest BCUT2D eigenvalue weighted by Gasteiger charge is 2.08. The number of halogens is 1. The average molecular weight is 234 g/mol. The van der Waals surface area contributed by atoms with Crippen LogP contribution in [0.15, 0.2) is 30.9 Å². The van der Waals surface area contributed by atoms with E-state index in [1.807, 2.05) is 11.0 Å². The third-order valence-electron chi connectivity index (χ3n) is 2.39. The lowest BCUT2D eigenvalue weighted by Crippen LogP contribution is -2.26. The number of benzene rings is 1. The minimum atomic E-state index is -0.414. The summed E-state index contributed by atoms with van der Waals surface area (Å²) in [5, 5.41) is 17.8. The molecular weight excluding hydrogens is 219 g/mol. The fourth-order valence-electron chi connectivity index (χ4n) is 1.59. The van der Waals surface area contributed by atoms with Gasteiger partial charge in [0.2, 0.25) is 0 Å². The maximum absolute atomic E-state index is 12.9. The highest BCUT2D eigenvalue weighted by Crippen LogP contribution is 2.12. The van der Waals surface area contributed by atoms with E-state index >= 15 is 0 Å². The number of hydrogen-bond acceptors (Lipinski definition) is 3. The van der Waals surface area contributed by atoms with Crippen molar-refractivity contribution in [1.82, 2.24) is 4.90 Å². The molecule has 1 aromatic carbocycles. The zero-order chi connectivity index (χ0) is 12.7. The molecule has 4 heteroatoms. The van der Waals surface area contributed by atoms with Gasteiger partial charge < -0.3 is 5.11 Å².